The third-order valence-electron chi connectivity index (χ3n) is 5.38. The van der Waals surface area contributed by atoms with Crippen LogP contribution < -0.4 is 25.8 Å². The third kappa shape index (κ3) is 9.91. The van der Waals surface area contributed by atoms with Crippen molar-refractivity contribution in [1.29, 1.82) is 0 Å². The smallest absolute Gasteiger partial charge is 0.308 e. The summed E-state index contributed by atoms with van der Waals surface area (Å²) in [5.41, 5.74) is 5.39. The molecule has 220 valence electrons. The summed E-state index contributed by atoms with van der Waals surface area (Å²) in [7, 11) is 0. The number of nitrogens with one attached hydrogen (secondary N) is 2. The SMILES string of the molecule is CC(=O)OC1=CC=CC(C(=O)NC(CCCNC(=O)c2cccc(OC(C)=O)c2OC(C)=O)C(N)=O)C1OC(C)=O. The Bertz CT molecular complexity index is 1290. The molecule has 1 aliphatic rings. The molecule has 0 aromatic heterocycles. The number of amides is 3. The van der Waals surface area contributed by atoms with Crippen molar-refractivity contribution in [2.45, 2.75) is 52.7 Å². The van der Waals surface area contributed by atoms with Gasteiger partial charge in [-0.1, -0.05) is 18.2 Å². The lowest BCUT2D eigenvalue weighted by molar-refractivity contribution is -0.154. The van der Waals surface area contributed by atoms with Gasteiger partial charge in [0.2, 0.25) is 11.8 Å². The van der Waals surface area contributed by atoms with Crippen LogP contribution in [0.3, 0.4) is 0 Å². The van der Waals surface area contributed by atoms with Gasteiger partial charge in [0.15, 0.2) is 17.6 Å². The summed E-state index contributed by atoms with van der Waals surface area (Å²) < 4.78 is 20.3. The number of carbonyl (C=O) groups is 7. The molecule has 1 aromatic rings. The molecular formula is C27H31N3O11. The first-order valence-electron chi connectivity index (χ1n) is 12.4. The number of para-hydroxylation sites is 1. The van der Waals surface area contributed by atoms with Gasteiger partial charge in [-0.25, -0.2) is 0 Å². The first kappa shape index (κ1) is 32.2. The number of nitrogens with two attached hydrogens (primary N) is 1. The zero-order chi connectivity index (χ0) is 30.7. The van der Waals surface area contributed by atoms with Crippen LogP contribution in [-0.4, -0.2) is 60.3 Å². The number of esters is 4. The Morgan fingerprint density at radius 3 is 2.15 bits per heavy atom. The molecule has 0 bridgehead atoms. The highest BCUT2D eigenvalue weighted by Gasteiger charge is 2.36. The van der Waals surface area contributed by atoms with Crippen LogP contribution >= 0.6 is 0 Å². The van der Waals surface area contributed by atoms with Crippen molar-refractivity contribution in [2.24, 2.45) is 11.7 Å². The lowest BCUT2D eigenvalue weighted by Crippen LogP contribution is -2.49. The van der Waals surface area contributed by atoms with Gasteiger partial charge < -0.3 is 35.3 Å². The van der Waals surface area contributed by atoms with Crippen molar-refractivity contribution < 1.29 is 52.5 Å². The van der Waals surface area contributed by atoms with Crippen LogP contribution in [-0.2, 0) is 38.2 Å². The van der Waals surface area contributed by atoms with E-state index in [0.717, 1.165) is 27.7 Å². The number of primary amides is 1. The highest BCUT2D eigenvalue weighted by atomic mass is 16.6. The molecule has 3 unspecified atom stereocenters. The largest absolute Gasteiger partial charge is 0.453 e. The molecule has 3 amide bonds. The molecule has 3 atom stereocenters. The first-order valence-corrected chi connectivity index (χ1v) is 12.4. The summed E-state index contributed by atoms with van der Waals surface area (Å²) in [4.78, 5) is 83.8. The van der Waals surface area contributed by atoms with Crippen LogP contribution in [0.25, 0.3) is 0 Å². The molecule has 14 heteroatoms. The fraction of sp³-hybridized carbons (Fsp3) is 0.370. The number of hydrogen-bond donors (Lipinski definition) is 3. The van der Waals surface area contributed by atoms with E-state index in [1.54, 1.807) is 0 Å². The maximum absolute atomic E-state index is 13.0. The van der Waals surface area contributed by atoms with Crippen LogP contribution in [0.2, 0.25) is 0 Å². The summed E-state index contributed by atoms with van der Waals surface area (Å²) >= 11 is 0. The number of allylic oxidation sites excluding steroid dienone is 2. The standard InChI is InChI=1S/C27H31N3O11/c1-14(31)38-21-11-5-8-18(23(21)40-16(3)33)26(36)29-13-7-10-20(25(28)35)30-27(37)19-9-6-12-22(39-15(2)32)24(19)41-17(4)34/h5-6,8-9,11-12,19-20,24H,7,10,13H2,1-4H3,(H2,28,35)(H,29,36)(H,30,37). The van der Waals surface area contributed by atoms with Gasteiger partial charge in [-0.15, -0.1) is 0 Å². The van der Waals surface area contributed by atoms with Crippen LogP contribution in [0.5, 0.6) is 11.5 Å². The van der Waals surface area contributed by atoms with Gasteiger partial charge in [0.05, 0.1) is 5.56 Å². The second-order valence-electron chi connectivity index (χ2n) is 8.79. The lowest BCUT2D eigenvalue weighted by atomic mass is 9.94. The first-order chi connectivity index (χ1) is 19.3. The highest BCUT2D eigenvalue weighted by Crippen LogP contribution is 2.32. The van der Waals surface area contributed by atoms with Crippen molar-refractivity contribution in [1.82, 2.24) is 10.6 Å². The Kier molecular flexibility index (Phi) is 11.7. The van der Waals surface area contributed by atoms with E-state index in [9.17, 15) is 33.6 Å². The number of benzene rings is 1. The topological polar surface area (TPSA) is 206 Å². The minimum absolute atomic E-state index is 0.0208. The van der Waals surface area contributed by atoms with E-state index < -0.39 is 59.7 Å². The highest BCUT2D eigenvalue weighted by molar-refractivity contribution is 5.99. The van der Waals surface area contributed by atoms with Crippen LogP contribution in [0.4, 0.5) is 0 Å². The van der Waals surface area contributed by atoms with Gasteiger partial charge >= 0.3 is 23.9 Å². The van der Waals surface area contributed by atoms with Crippen molar-refractivity contribution in [2.75, 3.05) is 6.54 Å². The maximum atomic E-state index is 13.0. The molecule has 0 radical (unpaired) electrons. The van der Waals surface area contributed by atoms with E-state index in [2.05, 4.69) is 10.6 Å². The fourth-order valence-electron chi connectivity index (χ4n) is 3.77. The summed E-state index contributed by atoms with van der Waals surface area (Å²) in [5, 5.41) is 5.09. The second-order valence-corrected chi connectivity index (χ2v) is 8.79. The summed E-state index contributed by atoms with van der Waals surface area (Å²) in [5.74, 6) is -6.58. The molecule has 0 saturated carbocycles. The van der Waals surface area contributed by atoms with Gasteiger partial charge in [0.25, 0.3) is 5.91 Å². The van der Waals surface area contributed by atoms with Crippen molar-refractivity contribution in [3.8, 4) is 11.5 Å². The lowest BCUT2D eigenvalue weighted by Gasteiger charge is -2.28. The Labute approximate surface area is 235 Å². The summed E-state index contributed by atoms with van der Waals surface area (Å²) in [6.07, 6.45) is 3.19. The Hall–Kier alpha value is -5.01. The minimum Gasteiger partial charge on any atom is -0.453 e. The van der Waals surface area contributed by atoms with E-state index in [1.165, 1.54) is 36.4 Å². The normalized spacial score (nSPS) is 16.3. The summed E-state index contributed by atoms with van der Waals surface area (Å²) in [6.45, 7) is 4.56. The van der Waals surface area contributed by atoms with Crippen LogP contribution in [0, 0.1) is 5.92 Å². The predicted molar refractivity (Wildman–Crippen MR) is 140 cm³/mol. The van der Waals surface area contributed by atoms with E-state index in [0.29, 0.717) is 0 Å². The molecule has 41 heavy (non-hydrogen) atoms. The van der Waals surface area contributed by atoms with Crippen LogP contribution in [0.15, 0.2) is 42.2 Å². The zero-order valence-corrected chi connectivity index (χ0v) is 22.9. The fourth-order valence-corrected chi connectivity index (χ4v) is 3.77. The zero-order valence-electron chi connectivity index (χ0n) is 22.9. The Balaban J connectivity index is 2.05. The van der Waals surface area contributed by atoms with E-state index in [4.69, 9.17) is 24.7 Å². The van der Waals surface area contributed by atoms with Gasteiger partial charge in [-0.05, 0) is 31.1 Å². The van der Waals surface area contributed by atoms with E-state index >= 15 is 0 Å². The van der Waals surface area contributed by atoms with Gasteiger partial charge in [-0.2, -0.15) is 0 Å². The van der Waals surface area contributed by atoms with Crippen LogP contribution in [0.1, 0.15) is 50.9 Å². The van der Waals surface area contributed by atoms with Crippen molar-refractivity contribution in [3.63, 3.8) is 0 Å². The predicted octanol–water partition coefficient (Wildman–Crippen LogP) is 0.582. The molecule has 2 rings (SSSR count). The molecular weight excluding hydrogens is 542 g/mol. The molecule has 0 fully saturated rings. The Morgan fingerprint density at radius 2 is 1.56 bits per heavy atom. The van der Waals surface area contributed by atoms with E-state index in [-0.39, 0.29) is 42.2 Å². The number of rotatable bonds is 12. The summed E-state index contributed by atoms with van der Waals surface area (Å²) in [6, 6.07) is 3.00. The van der Waals surface area contributed by atoms with Gasteiger partial charge in [0, 0.05) is 34.2 Å². The molecule has 1 aliphatic carbocycles. The second kappa shape index (κ2) is 15.0. The van der Waals surface area contributed by atoms with E-state index in [1.807, 2.05) is 0 Å². The van der Waals surface area contributed by atoms with Crippen molar-refractivity contribution in [3.05, 3.63) is 47.7 Å². The number of hydrogen-bond acceptors (Lipinski definition) is 11. The molecule has 4 N–H and O–H groups in total. The molecule has 0 aliphatic heterocycles. The maximum Gasteiger partial charge on any atom is 0.308 e. The average molecular weight is 574 g/mol. The monoisotopic (exact) mass is 573 g/mol. The molecule has 0 heterocycles. The van der Waals surface area contributed by atoms with Crippen molar-refractivity contribution >= 4 is 41.6 Å². The third-order valence-corrected chi connectivity index (χ3v) is 5.38. The molecule has 0 saturated heterocycles. The molecule has 0 spiro atoms. The molecule has 14 nitrogen and oxygen atoms in total. The average Bonchev–Trinajstić information content (AvgIpc) is 2.86. The van der Waals surface area contributed by atoms with Gasteiger partial charge in [-0.3, -0.25) is 33.6 Å². The molecule has 1 aromatic carbocycles. The Morgan fingerprint density at radius 1 is 0.902 bits per heavy atom. The minimum atomic E-state index is -1.25. The number of ether oxygens (including phenoxy) is 4. The quantitative estimate of drug-likeness (QED) is 0.179. The van der Waals surface area contributed by atoms with Gasteiger partial charge in [0.1, 0.15) is 17.7 Å². The number of carbonyl (C=O) groups excluding carboxylic acids is 7.